The minimum absolute atomic E-state index is 0.118. The number of nitrogens with one attached hydrogen (secondary N) is 2. The van der Waals surface area contributed by atoms with Gasteiger partial charge in [-0.05, 0) is 30.3 Å². The van der Waals surface area contributed by atoms with Crippen molar-refractivity contribution < 1.29 is 9.59 Å². The van der Waals surface area contributed by atoms with Crippen LogP contribution in [0.25, 0.3) is 23.0 Å². The zero-order valence-electron chi connectivity index (χ0n) is 17.3. The summed E-state index contributed by atoms with van der Waals surface area (Å²) in [4.78, 5) is 24.3. The molecule has 0 atom stereocenters. The molecule has 4 aromatic rings. The summed E-state index contributed by atoms with van der Waals surface area (Å²) in [5, 5.41) is 10.1. The van der Waals surface area contributed by atoms with Gasteiger partial charge in [0.1, 0.15) is 0 Å². The minimum Gasteiger partial charge on any atom is -0.343 e. The van der Waals surface area contributed by atoms with Gasteiger partial charge in [-0.15, -0.1) is 0 Å². The van der Waals surface area contributed by atoms with Crippen LogP contribution in [0.5, 0.6) is 0 Å². The zero-order valence-corrected chi connectivity index (χ0v) is 17.3. The molecule has 0 aliphatic heterocycles. The van der Waals surface area contributed by atoms with Crippen molar-refractivity contribution in [2.24, 2.45) is 0 Å². The van der Waals surface area contributed by atoms with E-state index in [1.165, 1.54) is 6.08 Å². The average Bonchev–Trinajstić information content (AvgIpc) is 3.27. The van der Waals surface area contributed by atoms with Crippen molar-refractivity contribution in [1.29, 1.82) is 0 Å². The van der Waals surface area contributed by atoms with Gasteiger partial charge in [-0.3, -0.25) is 9.59 Å². The highest BCUT2D eigenvalue weighted by Gasteiger charge is 2.11. The third-order valence-electron chi connectivity index (χ3n) is 4.71. The van der Waals surface area contributed by atoms with E-state index in [9.17, 15) is 9.59 Å². The molecular weight excluding hydrogens is 400 g/mol. The topological polar surface area (TPSA) is 76.0 Å². The first-order chi connectivity index (χ1) is 15.7. The lowest BCUT2D eigenvalue weighted by Gasteiger charge is -2.05. The fourth-order valence-corrected chi connectivity index (χ4v) is 3.16. The summed E-state index contributed by atoms with van der Waals surface area (Å²) in [5.41, 5.74) is 4.11. The van der Waals surface area contributed by atoms with Crippen molar-refractivity contribution in [3.8, 4) is 16.9 Å². The van der Waals surface area contributed by atoms with Crippen LogP contribution in [-0.4, -0.2) is 28.1 Å². The smallest absolute Gasteiger partial charge is 0.244 e. The summed E-state index contributed by atoms with van der Waals surface area (Å²) >= 11 is 0. The number of para-hydroxylation sites is 2. The van der Waals surface area contributed by atoms with Crippen LogP contribution in [0, 0.1) is 0 Å². The third-order valence-corrected chi connectivity index (χ3v) is 4.71. The van der Waals surface area contributed by atoms with E-state index in [0.29, 0.717) is 5.69 Å². The molecule has 6 nitrogen and oxygen atoms in total. The number of rotatable bonds is 7. The van der Waals surface area contributed by atoms with Crippen LogP contribution >= 0.6 is 0 Å². The van der Waals surface area contributed by atoms with E-state index in [1.54, 1.807) is 22.9 Å². The Morgan fingerprint density at radius 1 is 0.844 bits per heavy atom. The molecule has 0 saturated carbocycles. The van der Waals surface area contributed by atoms with E-state index >= 15 is 0 Å². The lowest BCUT2D eigenvalue weighted by Crippen LogP contribution is -2.31. The first kappa shape index (κ1) is 20.8. The molecule has 0 aliphatic carbocycles. The number of amides is 2. The lowest BCUT2D eigenvalue weighted by molar-refractivity contribution is -0.121. The van der Waals surface area contributed by atoms with E-state index in [-0.39, 0.29) is 18.4 Å². The van der Waals surface area contributed by atoms with Crippen LogP contribution in [0.15, 0.2) is 103 Å². The molecule has 0 aliphatic rings. The number of aromatic nitrogens is 2. The van der Waals surface area contributed by atoms with Crippen LogP contribution in [0.4, 0.5) is 5.69 Å². The molecule has 2 amide bonds. The molecular formula is C26H22N4O2. The largest absolute Gasteiger partial charge is 0.343 e. The summed E-state index contributed by atoms with van der Waals surface area (Å²) in [7, 11) is 0. The molecule has 1 aromatic heterocycles. The Morgan fingerprint density at radius 3 is 2.16 bits per heavy atom. The van der Waals surface area contributed by atoms with E-state index in [2.05, 4.69) is 10.6 Å². The van der Waals surface area contributed by atoms with Crippen molar-refractivity contribution in [2.45, 2.75) is 0 Å². The highest BCUT2D eigenvalue weighted by Crippen LogP contribution is 2.24. The Balaban J connectivity index is 1.47. The van der Waals surface area contributed by atoms with Gasteiger partial charge in [-0.25, -0.2) is 4.68 Å². The van der Waals surface area contributed by atoms with Crippen LogP contribution in [0.3, 0.4) is 0 Å². The first-order valence-corrected chi connectivity index (χ1v) is 10.2. The molecule has 4 rings (SSSR count). The van der Waals surface area contributed by atoms with Crippen molar-refractivity contribution >= 4 is 23.6 Å². The zero-order chi connectivity index (χ0) is 22.2. The summed E-state index contributed by atoms with van der Waals surface area (Å²) < 4.78 is 1.78. The van der Waals surface area contributed by atoms with Gasteiger partial charge in [-0.2, -0.15) is 5.10 Å². The lowest BCUT2D eigenvalue weighted by atomic mass is 10.1. The maximum absolute atomic E-state index is 12.3. The van der Waals surface area contributed by atoms with Gasteiger partial charge in [0.25, 0.3) is 0 Å². The van der Waals surface area contributed by atoms with Gasteiger partial charge in [-0.1, -0.05) is 66.7 Å². The van der Waals surface area contributed by atoms with Gasteiger partial charge in [0.05, 0.1) is 17.9 Å². The fourth-order valence-electron chi connectivity index (χ4n) is 3.16. The molecule has 6 heteroatoms. The molecule has 1 heterocycles. The van der Waals surface area contributed by atoms with Crippen LogP contribution in [-0.2, 0) is 9.59 Å². The van der Waals surface area contributed by atoms with Gasteiger partial charge < -0.3 is 10.6 Å². The van der Waals surface area contributed by atoms with Crippen molar-refractivity contribution in [2.75, 3.05) is 11.9 Å². The second kappa shape index (κ2) is 10.0. The van der Waals surface area contributed by atoms with Gasteiger partial charge in [0, 0.05) is 29.1 Å². The quantitative estimate of drug-likeness (QED) is 0.436. The highest BCUT2D eigenvalue weighted by molar-refractivity contribution is 5.98. The number of hydrogen-bond donors (Lipinski definition) is 2. The fraction of sp³-hybridized carbons (Fsp3) is 0.0385. The summed E-state index contributed by atoms with van der Waals surface area (Å²) in [5.74, 6) is -0.653. The average molecular weight is 422 g/mol. The standard InChI is InChI=1S/C26H22N4O2/c31-24(27-18-25(32)28-22-12-6-2-7-13-22)17-16-21-19-30(23-14-8-3-9-15-23)29-26(21)20-10-4-1-5-11-20/h1-17,19H,18H2,(H,27,31)(H,28,32)/b17-16+. The predicted molar refractivity (Wildman–Crippen MR) is 126 cm³/mol. The minimum atomic E-state index is -0.361. The predicted octanol–water partition coefficient (Wildman–Crippen LogP) is 4.31. The SMILES string of the molecule is O=C(/C=C/c1cn(-c2ccccc2)nc1-c1ccccc1)NCC(=O)Nc1ccccc1. The third kappa shape index (κ3) is 5.37. The maximum atomic E-state index is 12.3. The number of hydrogen-bond acceptors (Lipinski definition) is 3. The maximum Gasteiger partial charge on any atom is 0.244 e. The van der Waals surface area contributed by atoms with Crippen molar-refractivity contribution in [3.63, 3.8) is 0 Å². The molecule has 32 heavy (non-hydrogen) atoms. The molecule has 0 fully saturated rings. The number of carbonyl (C=O) groups is 2. The Hall–Kier alpha value is -4.45. The van der Waals surface area contributed by atoms with E-state index in [0.717, 1.165) is 22.5 Å². The monoisotopic (exact) mass is 422 g/mol. The number of nitrogens with zero attached hydrogens (tertiary/aromatic N) is 2. The molecule has 2 N–H and O–H groups in total. The molecule has 0 radical (unpaired) electrons. The summed E-state index contributed by atoms with van der Waals surface area (Å²) in [6, 6.07) is 28.7. The Labute approximate surface area is 186 Å². The van der Waals surface area contributed by atoms with Crippen LogP contribution in [0.2, 0.25) is 0 Å². The second-order valence-electron chi connectivity index (χ2n) is 7.04. The summed E-state index contributed by atoms with van der Waals surface area (Å²) in [6.07, 6.45) is 5.00. The van der Waals surface area contributed by atoms with Gasteiger partial charge in [0.2, 0.25) is 11.8 Å². The van der Waals surface area contributed by atoms with E-state index < -0.39 is 0 Å². The second-order valence-corrected chi connectivity index (χ2v) is 7.04. The molecule has 158 valence electrons. The number of benzene rings is 3. The Bertz CT molecular complexity index is 1220. The first-order valence-electron chi connectivity index (χ1n) is 10.2. The van der Waals surface area contributed by atoms with Crippen LogP contribution in [0.1, 0.15) is 5.56 Å². The Kier molecular flexibility index (Phi) is 6.53. The molecule has 0 saturated heterocycles. The van der Waals surface area contributed by atoms with Gasteiger partial charge >= 0.3 is 0 Å². The Morgan fingerprint density at radius 2 is 1.47 bits per heavy atom. The van der Waals surface area contributed by atoms with E-state index in [4.69, 9.17) is 5.10 Å². The normalized spacial score (nSPS) is 10.8. The number of anilines is 1. The highest BCUT2D eigenvalue weighted by atomic mass is 16.2. The molecule has 0 spiro atoms. The molecule has 0 bridgehead atoms. The van der Waals surface area contributed by atoms with Crippen molar-refractivity contribution in [1.82, 2.24) is 15.1 Å². The van der Waals surface area contributed by atoms with Gasteiger partial charge in [0.15, 0.2) is 0 Å². The van der Waals surface area contributed by atoms with E-state index in [1.807, 2.05) is 85.1 Å². The summed E-state index contributed by atoms with van der Waals surface area (Å²) in [6.45, 7) is -0.118. The van der Waals surface area contributed by atoms with Crippen LogP contribution < -0.4 is 10.6 Å². The number of carbonyl (C=O) groups excluding carboxylic acids is 2. The molecule has 3 aromatic carbocycles. The van der Waals surface area contributed by atoms with Crippen molar-refractivity contribution in [3.05, 3.63) is 109 Å². The molecule has 0 unspecified atom stereocenters.